The van der Waals surface area contributed by atoms with E-state index in [9.17, 15) is 29.1 Å². The van der Waals surface area contributed by atoms with E-state index in [1.54, 1.807) is 61.5 Å². The van der Waals surface area contributed by atoms with Crippen molar-refractivity contribution in [2.75, 3.05) is 13.2 Å². The maximum atomic E-state index is 13.4. The Balaban J connectivity index is 1.75. The number of esters is 1. The molecule has 41 heavy (non-hydrogen) atoms. The molecule has 5 N–H and O–H groups in total. The van der Waals surface area contributed by atoms with Gasteiger partial charge in [-0.2, -0.15) is 0 Å². The van der Waals surface area contributed by atoms with Crippen molar-refractivity contribution in [1.82, 2.24) is 15.5 Å². The van der Waals surface area contributed by atoms with Gasteiger partial charge in [-0.3, -0.25) is 14.4 Å². The highest BCUT2D eigenvalue weighted by Crippen LogP contribution is 2.21. The zero-order valence-corrected chi connectivity index (χ0v) is 22.9. The normalized spacial score (nSPS) is 16.6. The Morgan fingerprint density at radius 2 is 1.61 bits per heavy atom. The molecule has 220 valence electrons. The predicted octanol–water partition coefficient (Wildman–Crippen LogP) is 0.799. The predicted molar refractivity (Wildman–Crippen MR) is 147 cm³/mol. The average molecular weight is 569 g/mol. The summed E-state index contributed by atoms with van der Waals surface area (Å²) in [5.74, 6) is -3.02. The van der Waals surface area contributed by atoms with Crippen LogP contribution in [0.4, 0.5) is 4.79 Å². The van der Waals surface area contributed by atoms with Crippen molar-refractivity contribution in [3.63, 3.8) is 0 Å². The number of nitrogens with zero attached hydrogens (tertiary/aromatic N) is 1. The fraction of sp³-hybridized carbons (Fsp3) is 0.414. The van der Waals surface area contributed by atoms with Crippen LogP contribution in [0.15, 0.2) is 60.7 Å². The molecule has 0 saturated carbocycles. The number of hydrogen-bond donors (Lipinski definition) is 4. The Morgan fingerprint density at radius 1 is 0.976 bits per heavy atom. The third-order valence-electron chi connectivity index (χ3n) is 6.58. The number of aliphatic hydroxyl groups is 1. The van der Waals surface area contributed by atoms with Crippen molar-refractivity contribution in [2.45, 2.75) is 63.4 Å². The number of benzene rings is 2. The van der Waals surface area contributed by atoms with E-state index < -0.39 is 60.4 Å². The molecule has 0 radical (unpaired) electrons. The van der Waals surface area contributed by atoms with Gasteiger partial charge in [0.25, 0.3) is 5.91 Å². The van der Waals surface area contributed by atoms with Crippen molar-refractivity contribution in [3.05, 3.63) is 71.8 Å². The molecular formula is C29H36N4O8. The molecule has 3 rings (SSSR count). The van der Waals surface area contributed by atoms with Crippen LogP contribution >= 0.6 is 0 Å². The largest absolute Gasteiger partial charge is 0.464 e. The standard InChI is InChI=1S/C29H36N4O8/c1-2-40-28(38)23-14-9-15-33(23)27(37)25(35)21(16-19-10-5-3-6-11-19)31-26(36)22(17-24(30)34)32-29(39)41-18-20-12-7-4-8-13-20/h3-8,10-13,21-23,25,35H,2,9,14-18H2,1H3,(H2,30,34)(H,31,36)(H,32,39)/t21?,22-,23-,25?/m0/s1. The molecule has 4 amide bonds. The molecule has 0 spiro atoms. The first-order valence-corrected chi connectivity index (χ1v) is 13.4. The summed E-state index contributed by atoms with van der Waals surface area (Å²) >= 11 is 0. The number of nitrogens with two attached hydrogens (primary N) is 1. The van der Waals surface area contributed by atoms with Crippen LogP contribution in [0.3, 0.4) is 0 Å². The summed E-state index contributed by atoms with van der Waals surface area (Å²) in [6.45, 7) is 1.98. The lowest BCUT2D eigenvalue weighted by Crippen LogP contribution is -2.58. The van der Waals surface area contributed by atoms with Gasteiger partial charge in [-0.25, -0.2) is 9.59 Å². The SMILES string of the molecule is CCOC(=O)[C@@H]1CCCN1C(=O)C(O)C(Cc1ccccc1)NC(=O)[C@H](CC(N)=O)NC(=O)OCc1ccccc1. The van der Waals surface area contributed by atoms with Gasteiger partial charge in [-0.05, 0) is 37.3 Å². The smallest absolute Gasteiger partial charge is 0.408 e. The fourth-order valence-corrected chi connectivity index (χ4v) is 4.57. The van der Waals surface area contributed by atoms with E-state index in [2.05, 4.69) is 10.6 Å². The van der Waals surface area contributed by atoms with Gasteiger partial charge in [-0.1, -0.05) is 60.7 Å². The van der Waals surface area contributed by atoms with Gasteiger partial charge < -0.3 is 35.8 Å². The third kappa shape index (κ3) is 9.31. The van der Waals surface area contributed by atoms with E-state index in [4.69, 9.17) is 15.2 Å². The second-order valence-corrected chi connectivity index (χ2v) is 9.62. The highest BCUT2D eigenvalue weighted by atomic mass is 16.5. The third-order valence-corrected chi connectivity index (χ3v) is 6.58. The lowest BCUT2D eigenvalue weighted by Gasteiger charge is -2.30. The number of carbonyl (C=O) groups is 5. The summed E-state index contributed by atoms with van der Waals surface area (Å²) in [5, 5.41) is 16.1. The zero-order valence-electron chi connectivity index (χ0n) is 22.9. The van der Waals surface area contributed by atoms with Crippen LogP contribution in [0.5, 0.6) is 0 Å². The minimum Gasteiger partial charge on any atom is -0.464 e. The van der Waals surface area contributed by atoms with Gasteiger partial charge in [0.1, 0.15) is 18.7 Å². The van der Waals surface area contributed by atoms with Crippen LogP contribution < -0.4 is 16.4 Å². The van der Waals surface area contributed by atoms with Gasteiger partial charge in [0.05, 0.1) is 19.1 Å². The first kappa shape index (κ1) is 31.1. The summed E-state index contributed by atoms with van der Waals surface area (Å²) in [6.07, 6.45) is -2.27. The minimum atomic E-state index is -1.74. The number of alkyl carbamates (subject to hydrolysis) is 1. The first-order chi connectivity index (χ1) is 19.7. The number of nitrogens with one attached hydrogen (secondary N) is 2. The quantitative estimate of drug-likeness (QED) is 0.256. The summed E-state index contributed by atoms with van der Waals surface area (Å²) in [6, 6.07) is 14.3. The van der Waals surface area contributed by atoms with Crippen LogP contribution in [0.2, 0.25) is 0 Å². The molecule has 1 saturated heterocycles. The fourth-order valence-electron chi connectivity index (χ4n) is 4.57. The Hall–Kier alpha value is -4.45. The summed E-state index contributed by atoms with van der Waals surface area (Å²) in [5.41, 5.74) is 6.74. The number of ether oxygens (including phenoxy) is 2. The Labute approximate surface area is 238 Å². The minimum absolute atomic E-state index is 0.0408. The van der Waals surface area contributed by atoms with Gasteiger partial charge in [0, 0.05) is 6.54 Å². The van der Waals surface area contributed by atoms with Crippen molar-refractivity contribution in [2.24, 2.45) is 5.73 Å². The number of rotatable bonds is 13. The molecule has 4 atom stereocenters. The molecule has 2 unspecified atom stereocenters. The number of amides is 4. The average Bonchev–Trinajstić information content (AvgIpc) is 3.46. The number of hydrogen-bond acceptors (Lipinski definition) is 8. The van der Waals surface area contributed by atoms with Gasteiger partial charge in [0.15, 0.2) is 6.10 Å². The van der Waals surface area contributed by atoms with Gasteiger partial charge in [-0.15, -0.1) is 0 Å². The van der Waals surface area contributed by atoms with Gasteiger partial charge in [0.2, 0.25) is 11.8 Å². The number of carbonyl (C=O) groups excluding carboxylic acids is 5. The van der Waals surface area contributed by atoms with Crippen molar-refractivity contribution in [1.29, 1.82) is 0 Å². The molecule has 0 bridgehead atoms. The van der Waals surface area contributed by atoms with Crippen LogP contribution in [0.1, 0.15) is 37.3 Å². The van der Waals surface area contributed by atoms with E-state index in [1.807, 2.05) is 6.07 Å². The number of aliphatic hydroxyl groups excluding tert-OH is 1. The highest BCUT2D eigenvalue weighted by molar-refractivity contribution is 5.92. The molecule has 1 heterocycles. The van der Waals surface area contributed by atoms with Crippen LogP contribution in [0.25, 0.3) is 0 Å². The maximum absolute atomic E-state index is 13.4. The summed E-state index contributed by atoms with van der Waals surface area (Å²) in [7, 11) is 0. The molecule has 1 fully saturated rings. The molecule has 12 nitrogen and oxygen atoms in total. The molecule has 0 aromatic heterocycles. The summed E-state index contributed by atoms with van der Waals surface area (Å²) in [4.78, 5) is 64.5. The number of primary amides is 1. The second-order valence-electron chi connectivity index (χ2n) is 9.62. The second kappa shape index (κ2) is 15.4. The Morgan fingerprint density at radius 3 is 2.22 bits per heavy atom. The lowest BCUT2D eigenvalue weighted by atomic mass is 9.99. The topological polar surface area (TPSA) is 177 Å². The molecule has 2 aromatic rings. The van der Waals surface area contributed by atoms with Crippen molar-refractivity contribution in [3.8, 4) is 0 Å². The molecule has 12 heteroatoms. The maximum Gasteiger partial charge on any atom is 0.408 e. The molecule has 0 aliphatic carbocycles. The van der Waals surface area contributed by atoms with Gasteiger partial charge >= 0.3 is 12.1 Å². The number of likely N-dealkylation sites (tertiary alicyclic amines) is 1. The van der Waals surface area contributed by atoms with E-state index in [0.717, 1.165) is 0 Å². The van der Waals surface area contributed by atoms with Crippen molar-refractivity contribution >= 4 is 29.8 Å². The monoisotopic (exact) mass is 568 g/mol. The van der Waals surface area contributed by atoms with Crippen molar-refractivity contribution < 1.29 is 38.6 Å². The Kier molecular flexibility index (Phi) is 11.6. The van der Waals surface area contributed by atoms with Crippen LogP contribution in [-0.2, 0) is 41.7 Å². The summed E-state index contributed by atoms with van der Waals surface area (Å²) < 4.78 is 10.2. The lowest BCUT2D eigenvalue weighted by molar-refractivity contribution is -0.156. The van der Waals surface area contributed by atoms with Crippen LogP contribution in [0, 0.1) is 0 Å². The van der Waals surface area contributed by atoms with E-state index in [1.165, 1.54) is 4.90 Å². The first-order valence-electron chi connectivity index (χ1n) is 13.4. The van der Waals surface area contributed by atoms with E-state index >= 15 is 0 Å². The molecule has 2 aromatic carbocycles. The molecular weight excluding hydrogens is 532 g/mol. The zero-order chi connectivity index (χ0) is 29.8. The highest BCUT2D eigenvalue weighted by Gasteiger charge is 2.40. The van der Waals surface area contributed by atoms with Crippen LogP contribution in [-0.4, -0.2) is 77.2 Å². The molecule has 1 aliphatic heterocycles. The molecule has 1 aliphatic rings. The van der Waals surface area contributed by atoms with E-state index in [0.29, 0.717) is 24.0 Å². The Bertz CT molecular complexity index is 1190. The van der Waals surface area contributed by atoms with E-state index in [-0.39, 0.29) is 26.2 Å².